The van der Waals surface area contributed by atoms with Crippen LogP contribution < -0.4 is 4.74 Å². The van der Waals surface area contributed by atoms with Crippen LogP contribution in [0, 0.1) is 0 Å². The SMILES string of the molecule is COc1ccc(-c2ccccc2)cc1C(=O)Cl. The number of rotatable bonds is 3. The van der Waals surface area contributed by atoms with Gasteiger partial charge in [0, 0.05) is 0 Å². The maximum absolute atomic E-state index is 11.3. The molecule has 0 saturated heterocycles. The van der Waals surface area contributed by atoms with Crippen LogP contribution in [-0.2, 0) is 0 Å². The molecule has 0 aliphatic rings. The van der Waals surface area contributed by atoms with Crippen molar-refractivity contribution in [1.29, 1.82) is 0 Å². The Kier molecular flexibility index (Phi) is 3.45. The first-order chi connectivity index (χ1) is 8.22. The number of carbonyl (C=O) groups is 1. The van der Waals surface area contributed by atoms with Gasteiger partial charge in [-0.15, -0.1) is 0 Å². The van der Waals surface area contributed by atoms with E-state index in [1.807, 2.05) is 36.4 Å². The van der Waals surface area contributed by atoms with Gasteiger partial charge in [0.1, 0.15) is 5.75 Å². The fourth-order valence-corrected chi connectivity index (χ4v) is 1.82. The summed E-state index contributed by atoms with van der Waals surface area (Å²) in [6.07, 6.45) is 0. The van der Waals surface area contributed by atoms with Crippen molar-refractivity contribution >= 4 is 16.8 Å². The molecular formula is C14H11ClO2. The Morgan fingerprint density at radius 3 is 2.35 bits per heavy atom. The van der Waals surface area contributed by atoms with Gasteiger partial charge in [-0.1, -0.05) is 36.4 Å². The van der Waals surface area contributed by atoms with Crippen LogP contribution in [-0.4, -0.2) is 12.4 Å². The number of benzene rings is 2. The highest BCUT2D eigenvalue weighted by Crippen LogP contribution is 2.27. The van der Waals surface area contributed by atoms with Crippen molar-refractivity contribution in [3.8, 4) is 16.9 Å². The molecule has 2 aromatic rings. The van der Waals surface area contributed by atoms with Crippen LogP contribution in [0.4, 0.5) is 0 Å². The predicted octanol–water partition coefficient (Wildman–Crippen LogP) is 3.74. The Bertz CT molecular complexity index is 535. The monoisotopic (exact) mass is 246 g/mol. The second kappa shape index (κ2) is 5.02. The van der Waals surface area contributed by atoms with Crippen LogP contribution in [0.5, 0.6) is 5.75 Å². The molecule has 0 atom stereocenters. The van der Waals surface area contributed by atoms with E-state index in [2.05, 4.69) is 0 Å². The van der Waals surface area contributed by atoms with Gasteiger partial charge < -0.3 is 4.74 Å². The highest BCUT2D eigenvalue weighted by Gasteiger charge is 2.11. The molecule has 0 radical (unpaired) electrons. The van der Waals surface area contributed by atoms with Gasteiger partial charge >= 0.3 is 0 Å². The van der Waals surface area contributed by atoms with E-state index in [4.69, 9.17) is 16.3 Å². The molecule has 0 aliphatic carbocycles. The Labute approximate surface area is 105 Å². The van der Waals surface area contributed by atoms with Gasteiger partial charge in [0.25, 0.3) is 5.24 Å². The van der Waals surface area contributed by atoms with Crippen LogP contribution in [0.2, 0.25) is 0 Å². The summed E-state index contributed by atoms with van der Waals surface area (Å²) < 4.78 is 5.09. The lowest BCUT2D eigenvalue weighted by Gasteiger charge is -2.07. The smallest absolute Gasteiger partial charge is 0.256 e. The van der Waals surface area contributed by atoms with Crippen molar-refractivity contribution < 1.29 is 9.53 Å². The summed E-state index contributed by atoms with van der Waals surface area (Å²) in [5.41, 5.74) is 2.36. The van der Waals surface area contributed by atoms with Crippen molar-refractivity contribution in [3.63, 3.8) is 0 Å². The van der Waals surface area contributed by atoms with Gasteiger partial charge in [-0.2, -0.15) is 0 Å². The Balaban J connectivity index is 2.51. The van der Waals surface area contributed by atoms with Crippen molar-refractivity contribution in [2.24, 2.45) is 0 Å². The third-order valence-electron chi connectivity index (χ3n) is 2.52. The van der Waals surface area contributed by atoms with Gasteiger partial charge in [0.15, 0.2) is 0 Å². The number of carbonyl (C=O) groups excluding carboxylic acids is 1. The zero-order chi connectivity index (χ0) is 12.3. The van der Waals surface area contributed by atoms with E-state index < -0.39 is 5.24 Å². The summed E-state index contributed by atoms with van der Waals surface area (Å²) in [5, 5.41) is -0.514. The summed E-state index contributed by atoms with van der Waals surface area (Å²) in [5.74, 6) is 0.490. The third-order valence-corrected chi connectivity index (χ3v) is 2.72. The minimum atomic E-state index is -0.514. The number of hydrogen-bond acceptors (Lipinski definition) is 2. The quantitative estimate of drug-likeness (QED) is 0.771. The first kappa shape index (κ1) is 11.7. The minimum Gasteiger partial charge on any atom is -0.496 e. The lowest BCUT2D eigenvalue weighted by Crippen LogP contribution is -1.95. The van der Waals surface area contributed by atoms with Crippen LogP contribution in [0.3, 0.4) is 0 Å². The Morgan fingerprint density at radius 2 is 1.76 bits per heavy atom. The molecule has 17 heavy (non-hydrogen) atoms. The van der Waals surface area contributed by atoms with Gasteiger partial charge in [-0.3, -0.25) is 4.79 Å². The van der Waals surface area contributed by atoms with Crippen molar-refractivity contribution in [3.05, 3.63) is 54.1 Å². The maximum atomic E-state index is 11.3. The zero-order valence-corrected chi connectivity index (χ0v) is 10.1. The average Bonchev–Trinajstić information content (AvgIpc) is 2.39. The zero-order valence-electron chi connectivity index (χ0n) is 9.31. The highest BCUT2D eigenvalue weighted by atomic mass is 35.5. The van der Waals surface area contributed by atoms with Crippen molar-refractivity contribution in [2.75, 3.05) is 7.11 Å². The summed E-state index contributed by atoms with van der Waals surface area (Å²) in [6.45, 7) is 0. The molecule has 2 rings (SSSR count). The summed E-state index contributed by atoms with van der Waals surface area (Å²) >= 11 is 5.53. The fraction of sp³-hybridized carbons (Fsp3) is 0.0714. The summed E-state index contributed by atoms with van der Waals surface area (Å²) in [6, 6.07) is 15.2. The molecule has 0 bridgehead atoms. The van der Waals surface area contributed by atoms with Crippen LogP contribution >= 0.6 is 11.6 Å². The van der Waals surface area contributed by atoms with Crippen LogP contribution in [0.15, 0.2) is 48.5 Å². The highest BCUT2D eigenvalue weighted by molar-refractivity contribution is 6.68. The molecule has 2 aromatic carbocycles. The molecule has 3 heteroatoms. The molecule has 0 amide bonds. The largest absolute Gasteiger partial charge is 0.496 e. The van der Waals surface area contributed by atoms with E-state index in [1.165, 1.54) is 7.11 Å². The Hall–Kier alpha value is -1.80. The van der Waals surface area contributed by atoms with E-state index in [1.54, 1.807) is 12.1 Å². The van der Waals surface area contributed by atoms with Gasteiger partial charge in [0.05, 0.1) is 12.7 Å². The van der Waals surface area contributed by atoms with Gasteiger partial charge in [0.2, 0.25) is 0 Å². The number of ether oxygens (including phenoxy) is 1. The van der Waals surface area contributed by atoms with E-state index in [0.717, 1.165) is 11.1 Å². The number of methoxy groups -OCH3 is 1. The molecule has 0 N–H and O–H groups in total. The van der Waals surface area contributed by atoms with E-state index in [0.29, 0.717) is 11.3 Å². The molecule has 0 aliphatic heterocycles. The molecule has 0 unspecified atom stereocenters. The van der Waals surface area contributed by atoms with Crippen molar-refractivity contribution in [2.45, 2.75) is 0 Å². The molecule has 0 spiro atoms. The van der Waals surface area contributed by atoms with Crippen LogP contribution in [0.25, 0.3) is 11.1 Å². The molecule has 0 heterocycles. The molecule has 0 saturated carbocycles. The van der Waals surface area contributed by atoms with E-state index in [-0.39, 0.29) is 0 Å². The fourth-order valence-electron chi connectivity index (χ4n) is 1.67. The Morgan fingerprint density at radius 1 is 1.06 bits per heavy atom. The third kappa shape index (κ3) is 2.48. The second-order valence-electron chi connectivity index (χ2n) is 3.55. The molecule has 0 fully saturated rings. The molecule has 86 valence electrons. The lowest BCUT2D eigenvalue weighted by molar-refractivity contribution is 0.107. The summed E-state index contributed by atoms with van der Waals surface area (Å²) in [4.78, 5) is 11.3. The van der Waals surface area contributed by atoms with Gasteiger partial charge in [-0.25, -0.2) is 0 Å². The molecule has 2 nitrogen and oxygen atoms in total. The lowest BCUT2D eigenvalue weighted by atomic mass is 10.0. The minimum absolute atomic E-state index is 0.385. The number of hydrogen-bond donors (Lipinski definition) is 0. The van der Waals surface area contributed by atoms with Crippen molar-refractivity contribution in [1.82, 2.24) is 0 Å². The summed E-state index contributed by atoms with van der Waals surface area (Å²) in [7, 11) is 1.51. The first-order valence-electron chi connectivity index (χ1n) is 5.15. The average molecular weight is 247 g/mol. The molecule has 0 aromatic heterocycles. The topological polar surface area (TPSA) is 26.3 Å². The first-order valence-corrected chi connectivity index (χ1v) is 5.53. The standard InChI is InChI=1S/C14H11ClO2/c1-17-13-8-7-11(9-12(13)14(15)16)10-5-3-2-4-6-10/h2-9H,1H3. The number of halogens is 1. The second-order valence-corrected chi connectivity index (χ2v) is 3.90. The van der Waals surface area contributed by atoms with Crippen LogP contribution in [0.1, 0.15) is 10.4 Å². The van der Waals surface area contributed by atoms with E-state index >= 15 is 0 Å². The molecular weight excluding hydrogens is 236 g/mol. The predicted molar refractivity (Wildman–Crippen MR) is 68.6 cm³/mol. The maximum Gasteiger partial charge on any atom is 0.256 e. The van der Waals surface area contributed by atoms with Gasteiger partial charge in [-0.05, 0) is 34.9 Å². The van der Waals surface area contributed by atoms with E-state index in [9.17, 15) is 4.79 Å². The normalized spacial score (nSPS) is 10.0.